The zero-order chi connectivity index (χ0) is 22.9. The van der Waals surface area contributed by atoms with Crippen molar-refractivity contribution in [2.24, 2.45) is 0 Å². The van der Waals surface area contributed by atoms with Gasteiger partial charge in [-0.15, -0.1) is 0 Å². The number of fused-ring (bicyclic) bond motifs is 2. The fourth-order valence-corrected chi connectivity index (χ4v) is 5.19. The first kappa shape index (κ1) is 21.0. The highest BCUT2D eigenvalue weighted by Crippen LogP contribution is 2.30. The molecule has 3 heterocycles. The second-order valence-corrected chi connectivity index (χ2v) is 9.49. The molecule has 0 spiro atoms. The van der Waals surface area contributed by atoms with Crippen molar-refractivity contribution in [3.63, 3.8) is 0 Å². The quantitative estimate of drug-likeness (QED) is 0.303. The molecule has 5 aromatic rings. The molecule has 0 unspecified atom stereocenters. The fraction of sp³-hybridized carbons (Fsp3) is 0.310. The van der Waals surface area contributed by atoms with Crippen molar-refractivity contribution in [2.45, 2.75) is 57.9 Å². The van der Waals surface area contributed by atoms with Gasteiger partial charge in [0.15, 0.2) is 5.58 Å². The lowest BCUT2D eigenvalue weighted by Gasteiger charge is -2.24. The summed E-state index contributed by atoms with van der Waals surface area (Å²) in [6, 6.07) is 21.9. The van der Waals surface area contributed by atoms with Gasteiger partial charge in [0.1, 0.15) is 11.5 Å². The van der Waals surface area contributed by atoms with Crippen LogP contribution in [-0.2, 0) is 12.8 Å². The fourth-order valence-electron chi connectivity index (χ4n) is 5.19. The molecule has 0 amide bonds. The number of hydrogen-bond acceptors (Lipinski definition) is 4. The van der Waals surface area contributed by atoms with E-state index in [4.69, 9.17) is 9.51 Å². The molecule has 0 saturated heterocycles. The Morgan fingerprint density at radius 3 is 2.62 bits per heavy atom. The molecule has 1 fully saturated rings. The van der Waals surface area contributed by atoms with E-state index < -0.39 is 0 Å². The average molecular weight is 451 g/mol. The monoisotopic (exact) mass is 450 g/mol. The summed E-state index contributed by atoms with van der Waals surface area (Å²) >= 11 is 0. The van der Waals surface area contributed by atoms with E-state index in [2.05, 4.69) is 81.7 Å². The number of rotatable bonds is 6. The van der Waals surface area contributed by atoms with Crippen LogP contribution in [0.15, 0.2) is 71.4 Å². The zero-order valence-electron chi connectivity index (χ0n) is 19.6. The summed E-state index contributed by atoms with van der Waals surface area (Å²) in [5, 5.41) is 9.03. The number of imidazole rings is 1. The van der Waals surface area contributed by atoms with Gasteiger partial charge < -0.3 is 9.84 Å². The van der Waals surface area contributed by atoms with Crippen LogP contribution < -0.4 is 5.32 Å². The van der Waals surface area contributed by atoms with Gasteiger partial charge in [-0.05, 0) is 73.6 Å². The van der Waals surface area contributed by atoms with Gasteiger partial charge in [0, 0.05) is 17.6 Å². The van der Waals surface area contributed by atoms with E-state index in [0.717, 1.165) is 57.8 Å². The third-order valence-corrected chi connectivity index (χ3v) is 7.12. The van der Waals surface area contributed by atoms with Crippen LogP contribution >= 0.6 is 0 Å². The lowest BCUT2D eigenvalue weighted by Crippen LogP contribution is -2.23. The molecular weight excluding hydrogens is 420 g/mol. The normalized spacial score (nSPS) is 14.7. The van der Waals surface area contributed by atoms with E-state index in [-0.39, 0.29) is 0 Å². The van der Waals surface area contributed by atoms with Gasteiger partial charge in [-0.1, -0.05) is 60.8 Å². The number of anilines is 1. The first-order valence-corrected chi connectivity index (χ1v) is 12.4. The summed E-state index contributed by atoms with van der Waals surface area (Å²) in [5.74, 6) is 1.16. The molecule has 0 radical (unpaired) electrons. The van der Waals surface area contributed by atoms with E-state index >= 15 is 0 Å². The Balaban J connectivity index is 1.36. The number of pyridine rings is 1. The number of benzene rings is 2. The zero-order valence-corrected chi connectivity index (χ0v) is 19.6. The van der Waals surface area contributed by atoms with Gasteiger partial charge in [0.25, 0.3) is 0 Å². The minimum absolute atomic E-state index is 0.529. The largest absolute Gasteiger partial charge is 0.367 e. The third kappa shape index (κ3) is 4.07. The van der Waals surface area contributed by atoms with Crippen LogP contribution in [0.2, 0.25) is 0 Å². The molecule has 6 rings (SSSR count). The topological polar surface area (TPSA) is 55.4 Å². The number of hydrogen-bond donors (Lipinski definition) is 1. The van der Waals surface area contributed by atoms with Crippen LogP contribution in [0.4, 0.5) is 5.82 Å². The highest BCUT2D eigenvalue weighted by Gasteiger charge is 2.19. The minimum atomic E-state index is 0.529. The Bertz CT molecular complexity index is 1430. The summed E-state index contributed by atoms with van der Waals surface area (Å²) in [4.78, 5) is 5.11. The number of aromatic nitrogens is 3. The van der Waals surface area contributed by atoms with Crippen molar-refractivity contribution < 1.29 is 4.52 Å². The van der Waals surface area contributed by atoms with Crippen molar-refractivity contribution in [2.75, 3.05) is 5.32 Å². The molecule has 1 saturated carbocycles. The summed E-state index contributed by atoms with van der Waals surface area (Å²) in [6.07, 6.45) is 10.5. The molecule has 2 aromatic carbocycles. The molecule has 1 N–H and O–H groups in total. The van der Waals surface area contributed by atoms with Crippen molar-refractivity contribution in [3.8, 4) is 11.1 Å². The SMILES string of the molecule is Cc1noc2cc(-c3ccn4c(NC5CCCCC5)c(CCc5ccccc5)nc4c3)ccc12. The lowest BCUT2D eigenvalue weighted by atomic mass is 9.95. The minimum Gasteiger partial charge on any atom is -0.367 e. The van der Waals surface area contributed by atoms with Crippen LogP contribution in [0.5, 0.6) is 0 Å². The van der Waals surface area contributed by atoms with Gasteiger partial charge in [-0.2, -0.15) is 0 Å². The average Bonchev–Trinajstić information content (AvgIpc) is 3.43. The first-order valence-electron chi connectivity index (χ1n) is 12.4. The molecular formula is C29H30N4O. The molecule has 172 valence electrons. The van der Waals surface area contributed by atoms with Gasteiger partial charge in [0.2, 0.25) is 0 Å². The Labute approximate surface area is 199 Å². The van der Waals surface area contributed by atoms with E-state index in [1.165, 1.54) is 37.7 Å². The van der Waals surface area contributed by atoms with Gasteiger partial charge in [-0.3, -0.25) is 4.40 Å². The standard InChI is InChI=1S/C29H30N4O/c1-20-25-14-13-22(18-27(25)34-32-20)23-16-17-33-28(19-23)31-26(15-12-21-8-4-2-5-9-21)29(33)30-24-10-6-3-7-11-24/h2,4-5,8-9,13-14,16-19,24,30H,3,6-7,10-12,15H2,1H3. The highest BCUT2D eigenvalue weighted by atomic mass is 16.5. The van der Waals surface area contributed by atoms with Crippen molar-refractivity contribution in [3.05, 3.63) is 83.8 Å². The molecule has 5 heteroatoms. The smallest absolute Gasteiger partial charge is 0.167 e. The second kappa shape index (κ2) is 8.98. The molecule has 0 aliphatic heterocycles. The molecule has 0 atom stereocenters. The summed E-state index contributed by atoms with van der Waals surface area (Å²) < 4.78 is 7.73. The molecule has 1 aliphatic rings. The lowest BCUT2D eigenvalue weighted by molar-refractivity contribution is 0.450. The Hall–Kier alpha value is -3.60. The maximum Gasteiger partial charge on any atom is 0.167 e. The molecule has 0 bridgehead atoms. The third-order valence-electron chi connectivity index (χ3n) is 7.12. The highest BCUT2D eigenvalue weighted by molar-refractivity contribution is 5.85. The van der Waals surface area contributed by atoms with Crippen LogP contribution in [0.25, 0.3) is 27.7 Å². The van der Waals surface area contributed by atoms with E-state index in [9.17, 15) is 0 Å². The Morgan fingerprint density at radius 1 is 0.941 bits per heavy atom. The Morgan fingerprint density at radius 2 is 1.76 bits per heavy atom. The molecule has 5 nitrogen and oxygen atoms in total. The van der Waals surface area contributed by atoms with Crippen LogP contribution in [0, 0.1) is 6.92 Å². The molecule has 3 aromatic heterocycles. The maximum atomic E-state index is 5.50. The van der Waals surface area contributed by atoms with Gasteiger partial charge in [0.05, 0.1) is 11.4 Å². The van der Waals surface area contributed by atoms with E-state index in [0.29, 0.717) is 6.04 Å². The van der Waals surface area contributed by atoms with E-state index in [1.807, 2.05) is 6.92 Å². The summed E-state index contributed by atoms with van der Waals surface area (Å²) in [6.45, 7) is 1.97. The summed E-state index contributed by atoms with van der Waals surface area (Å²) in [7, 11) is 0. The predicted octanol–water partition coefficient (Wildman–Crippen LogP) is 6.98. The van der Waals surface area contributed by atoms with Crippen LogP contribution in [0.3, 0.4) is 0 Å². The van der Waals surface area contributed by atoms with Gasteiger partial charge in [-0.25, -0.2) is 4.98 Å². The van der Waals surface area contributed by atoms with E-state index in [1.54, 1.807) is 0 Å². The number of nitrogens with zero attached hydrogens (tertiary/aromatic N) is 3. The molecule has 1 aliphatic carbocycles. The van der Waals surface area contributed by atoms with Crippen LogP contribution in [-0.4, -0.2) is 20.6 Å². The van der Waals surface area contributed by atoms with Crippen LogP contribution in [0.1, 0.15) is 49.1 Å². The first-order chi connectivity index (χ1) is 16.7. The van der Waals surface area contributed by atoms with Crippen molar-refractivity contribution in [1.29, 1.82) is 0 Å². The summed E-state index contributed by atoms with van der Waals surface area (Å²) in [5.41, 5.74) is 7.46. The number of nitrogens with one attached hydrogen (secondary N) is 1. The van der Waals surface area contributed by atoms with Crippen molar-refractivity contribution in [1.82, 2.24) is 14.5 Å². The number of aryl methyl sites for hydroxylation is 3. The van der Waals surface area contributed by atoms with Gasteiger partial charge >= 0.3 is 0 Å². The van der Waals surface area contributed by atoms with Crippen molar-refractivity contribution >= 4 is 22.4 Å². The second-order valence-electron chi connectivity index (χ2n) is 9.49. The predicted molar refractivity (Wildman–Crippen MR) is 137 cm³/mol. The molecule has 34 heavy (non-hydrogen) atoms. The maximum absolute atomic E-state index is 5.50. The Kier molecular flexibility index (Phi) is 5.54.